The van der Waals surface area contributed by atoms with E-state index in [9.17, 15) is 14.0 Å². The maximum Gasteiger partial charge on any atom is 0.242 e. The number of carbonyl (C=O) groups is 2. The van der Waals surface area contributed by atoms with Gasteiger partial charge in [-0.15, -0.1) is 11.3 Å². The van der Waals surface area contributed by atoms with Crippen LogP contribution in [0.4, 0.5) is 4.39 Å². The maximum absolute atomic E-state index is 13.3. The number of amides is 2. The van der Waals surface area contributed by atoms with Gasteiger partial charge < -0.3 is 14.5 Å². The number of halogens is 1. The van der Waals surface area contributed by atoms with E-state index in [1.807, 2.05) is 37.1 Å². The fourth-order valence-electron chi connectivity index (χ4n) is 3.73. The van der Waals surface area contributed by atoms with Crippen molar-refractivity contribution in [2.24, 2.45) is 0 Å². The number of hydrogen-bond acceptors (Lipinski definition) is 4. The van der Waals surface area contributed by atoms with Gasteiger partial charge in [0.15, 0.2) is 0 Å². The zero-order valence-electron chi connectivity index (χ0n) is 17.8. The molecule has 0 spiro atoms. The van der Waals surface area contributed by atoms with Crippen LogP contribution in [0, 0.1) is 5.82 Å². The molecule has 2 amide bonds. The van der Waals surface area contributed by atoms with E-state index < -0.39 is 0 Å². The number of nitrogens with zero attached hydrogens (tertiary/aromatic N) is 2. The Morgan fingerprint density at radius 2 is 2.00 bits per heavy atom. The van der Waals surface area contributed by atoms with Crippen LogP contribution < -0.4 is 4.74 Å². The molecule has 0 aliphatic carbocycles. The molecule has 0 fully saturated rings. The highest BCUT2D eigenvalue weighted by Crippen LogP contribution is 2.34. The van der Waals surface area contributed by atoms with Gasteiger partial charge in [0.05, 0.1) is 6.04 Å². The fourth-order valence-corrected chi connectivity index (χ4v) is 4.66. The topological polar surface area (TPSA) is 49.9 Å². The summed E-state index contributed by atoms with van der Waals surface area (Å²) in [6.07, 6.45) is 1.98. The first-order chi connectivity index (χ1) is 14.4. The Bertz CT molecular complexity index is 868. The normalized spacial score (nSPS) is 16.7. The molecule has 30 heavy (non-hydrogen) atoms. The summed E-state index contributed by atoms with van der Waals surface area (Å²) in [5.74, 6) is 0.169. The van der Waals surface area contributed by atoms with Crippen LogP contribution in [0.1, 0.15) is 50.1 Å². The Labute approximate surface area is 181 Å². The highest BCUT2D eigenvalue weighted by atomic mass is 32.1. The van der Waals surface area contributed by atoms with Crippen molar-refractivity contribution in [1.82, 2.24) is 9.80 Å². The van der Waals surface area contributed by atoms with E-state index in [2.05, 4.69) is 0 Å². The highest BCUT2D eigenvalue weighted by molar-refractivity contribution is 7.10. The smallest absolute Gasteiger partial charge is 0.242 e. The van der Waals surface area contributed by atoms with Gasteiger partial charge in [-0.2, -0.15) is 0 Å². The molecule has 162 valence electrons. The molecule has 5 nitrogen and oxygen atoms in total. The van der Waals surface area contributed by atoms with E-state index in [1.54, 1.807) is 28.4 Å². The van der Waals surface area contributed by atoms with E-state index >= 15 is 0 Å². The second-order valence-corrected chi connectivity index (χ2v) is 8.55. The standard InChI is InChI=1S/C23H29FN2O3S/c1-4-16(3)26(22(27)5-2)14-23(28)25-12-10-21-19(11-13-30-21)20(25)15-29-18-8-6-17(24)7-9-18/h6-9,11,13,16,20H,4-5,10,12,14-15H2,1-3H3/t16-,20-/m0/s1. The van der Waals surface area contributed by atoms with Gasteiger partial charge in [0.1, 0.15) is 24.7 Å². The zero-order chi connectivity index (χ0) is 21.7. The molecule has 0 bridgehead atoms. The van der Waals surface area contributed by atoms with Gasteiger partial charge in [0.2, 0.25) is 11.8 Å². The minimum atomic E-state index is -0.317. The van der Waals surface area contributed by atoms with Gasteiger partial charge in [-0.25, -0.2) is 4.39 Å². The summed E-state index contributed by atoms with van der Waals surface area (Å²) in [5.41, 5.74) is 1.10. The maximum atomic E-state index is 13.3. The zero-order valence-corrected chi connectivity index (χ0v) is 18.6. The van der Waals surface area contributed by atoms with Crippen LogP contribution in [0.15, 0.2) is 35.7 Å². The molecule has 0 saturated carbocycles. The van der Waals surface area contributed by atoms with Crippen LogP contribution >= 0.6 is 11.3 Å². The second-order valence-electron chi connectivity index (χ2n) is 7.55. The quantitative estimate of drug-likeness (QED) is 0.620. The number of ether oxygens (including phenoxy) is 1. The van der Waals surface area contributed by atoms with E-state index in [-0.39, 0.29) is 42.9 Å². The van der Waals surface area contributed by atoms with E-state index in [0.717, 1.165) is 18.4 Å². The molecule has 2 heterocycles. The van der Waals surface area contributed by atoms with Crippen LogP contribution in [0.2, 0.25) is 0 Å². The summed E-state index contributed by atoms with van der Waals surface area (Å²) in [4.78, 5) is 30.5. The van der Waals surface area contributed by atoms with Gasteiger partial charge in [0.25, 0.3) is 0 Å². The van der Waals surface area contributed by atoms with Crippen molar-refractivity contribution in [2.75, 3.05) is 19.7 Å². The molecule has 1 aromatic heterocycles. The van der Waals surface area contributed by atoms with Crippen LogP contribution in [0.3, 0.4) is 0 Å². The third-order valence-corrected chi connectivity index (χ3v) is 6.68. The predicted octanol–water partition coefficient (Wildman–Crippen LogP) is 4.43. The van der Waals surface area contributed by atoms with E-state index in [4.69, 9.17) is 4.74 Å². The molecule has 0 saturated heterocycles. The molecule has 0 unspecified atom stereocenters. The molecule has 2 atom stereocenters. The molecule has 7 heteroatoms. The lowest BCUT2D eigenvalue weighted by atomic mass is 10.00. The van der Waals surface area contributed by atoms with Gasteiger partial charge in [0, 0.05) is 23.9 Å². The summed E-state index contributed by atoms with van der Waals surface area (Å²) in [6.45, 7) is 6.77. The Morgan fingerprint density at radius 1 is 1.27 bits per heavy atom. The number of fused-ring (bicyclic) bond motifs is 1. The molecule has 3 rings (SSSR count). The summed E-state index contributed by atoms with van der Waals surface area (Å²) in [6, 6.07) is 7.71. The lowest BCUT2D eigenvalue weighted by Crippen LogP contribution is -2.49. The van der Waals surface area contributed by atoms with E-state index in [1.165, 1.54) is 17.0 Å². The number of benzene rings is 1. The van der Waals surface area contributed by atoms with Crippen LogP contribution in [0.25, 0.3) is 0 Å². The number of carbonyl (C=O) groups excluding carboxylic acids is 2. The monoisotopic (exact) mass is 432 g/mol. The van der Waals surface area contributed by atoms with Crippen molar-refractivity contribution in [1.29, 1.82) is 0 Å². The van der Waals surface area contributed by atoms with Crippen molar-refractivity contribution >= 4 is 23.2 Å². The minimum Gasteiger partial charge on any atom is -0.491 e. The van der Waals surface area contributed by atoms with Crippen molar-refractivity contribution in [2.45, 2.75) is 52.1 Å². The van der Waals surface area contributed by atoms with Crippen molar-refractivity contribution in [3.63, 3.8) is 0 Å². The van der Waals surface area contributed by atoms with Crippen molar-refractivity contribution in [3.05, 3.63) is 52.0 Å². The average Bonchev–Trinajstić information content (AvgIpc) is 3.24. The van der Waals surface area contributed by atoms with Gasteiger partial charge in [-0.1, -0.05) is 13.8 Å². The summed E-state index contributed by atoms with van der Waals surface area (Å²) in [5, 5.41) is 2.04. The Kier molecular flexibility index (Phi) is 7.48. The summed E-state index contributed by atoms with van der Waals surface area (Å²) >= 11 is 1.69. The average molecular weight is 433 g/mol. The molecule has 1 aliphatic rings. The number of thiophene rings is 1. The molecule has 2 aromatic rings. The SMILES string of the molecule is CCC(=O)N(CC(=O)N1CCc2sccc2[C@@H]1COc1ccc(F)cc1)[C@@H](C)CC. The van der Waals surface area contributed by atoms with Crippen LogP contribution in [0.5, 0.6) is 5.75 Å². The molecule has 1 aromatic carbocycles. The Balaban J connectivity index is 1.77. The highest BCUT2D eigenvalue weighted by Gasteiger charge is 2.34. The minimum absolute atomic E-state index is 0.00922. The lowest BCUT2D eigenvalue weighted by Gasteiger charge is -2.38. The summed E-state index contributed by atoms with van der Waals surface area (Å²) in [7, 11) is 0. The van der Waals surface area contributed by atoms with E-state index in [0.29, 0.717) is 18.7 Å². The molecule has 0 radical (unpaired) electrons. The lowest BCUT2D eigenvalue weighted by molar-refractivity contribution is -0.144. The van der Waals surface area contributed by atoms with Crippen molar-refractivity contribution < 1.29 is 18.7 Å². The van der Waals surface area contributed by atoms with Crippen LogP contribution in [-0.2, 0) is 16.0 Å². The van der Waals surface area contributed by atoms with Gasteiger partial charge in [-0.05, 0) is 61.0 Å². The second kappa shape index (κ2) is 10.1. The fraction of sp³-hybridized carbons (Fsp3) is 0.478. The predicted molar refractivity (Wildman–Crippen MR) is 116 cm³/mol. The first-order valence-electron chi connectivity index (χ1n) is 10.5. The molecular formula is C23H29FN2O3S. The van der Waals surface area contributed by atoms with Gasteiger partial charge in [-0.3, -0.25) is 9.59 Å². The molecule has 0 N–H and O–H groups in total. The third-order valence-electron chi connectivity index (χ3n) is 5.69. The molecule has 1 aliphatic heterocycles. The van der Waals surface area contributed by atoms with Crippen LogP contribution in [-0.4, -0.2) is 47.4 Å². The number of rotatable bonds is 8. The largest absolute Gasteiger partial charge is 0.491 e. The first kappa shape index (κ1) is 22.3. The Hall–Kier alpha value is -2.41. The van der Waals surface area contributed by atoms with Gasteiger partial charge >= 0.3 is 0 Å². The third kappa shape index (κ3) is 5.01. The summed E-state index contributed by atoms with van der Waals surface area (Å²) < 4.78 is 19.1. The first-order valence-corrected chi connectivity index (χ1v) is 11.4. The number of hydrogen-bond donors (Lipinski definition) is 0. The molecular weight excluding hydrogens is 403 g/mol. The Morgan fingerprint density at radius 3 is 2.67 bits per heavy atom. The van der Waals surface area contributed by atoms with Crippen molar-refractivity contribution in [3.8, 4) is 5.75 Å².